The zero-order valence-electron chi connectivity index (χ0n) is 19.6. The van der Waals surface area contributed by atoms with Gasteiger partial charge in [0, 0.05) is 40.7 Å². The smallest absolute Gasteiger partial charge is 0.247 e. The van der Waals surface area contributed by atoms with E-state index in [1.807, 2.05) is 18.2 Å². The molecule has 1 heterocycles. The number of nitrogens with zero attached hydrogens (tertiary/aromatic N) is 1. The van der Waals surface area contributed by atoms with E-state index >= 15 is 0 Å². The van der Waals surface area contributed by atoms with Crippen LogP contribution in [0.5, 0.6) is 5.75 Å². The Bertz CT molecular complexity index is 1180. The fraction of sp³-hybridized carbons (Fsp3) is 0.333. The van der Waals surface area contributed by atoms with E-state index in [9.17, 15) is 19.8 Å². The molecule has 0 aromatic heterocycles. The lowest BCUT2D eigenvalue weighted by atomic mass is 9.77. The molecule has 36 heavy (non-hydrogen) atoms. The summed E-state index contributed by atoms with van der Waals surface area (Å²) in [5.74, 6) is -0.557. The highest BCUT2D eigenvalue weighted by molar-refractivity contribution is 6.35. The van der Waals surface area contributed by atoms with E-state index < -0.39 is 24.2 Å². The van der Waals surface area contributed by atoms with Crippen LogP contribution in [0.4, 0.5) is 0 Å². The van der Waals surface area contributed by atoms with Gasteiger partial charge in [-0.15, -0.1) is 6.58 Å². The SMILES string of the molecule is C=CCCC(=O)N(Cc1ccc(Cl)cc1Cl)C1C=C(C(=O)NCCO)C2c3ccccc3OC2C1O. The van der Waals surface area contributed by atoms with Crippen LogP contribution in [0.3, 0.4) is 0 Å². The summed E-state index contributed by atoms with van der Waals surface area (Å²) in [6.07, 6.45) is 2.03. The van der Waals surface area contributed by atoms with Gasteiger partial charge in [-0.1, -0.05) is 53.5 Å². The molecule has 1 aliphatic heterocycles. The predicted octanol–water partition coefficient (Wildman–Crippen LogP) is 3.61. The van der Waals surface area contributed by atoms with Crippen LogP contribution in [0.15, 0.2) is 66.8 Å². The largest absolute Gasteiger partial charge is 0.486 e. The van der Waals surface area contributed by atoms with E-state index in [0.717, 1.165) is 5.56 Å². The van der Waals surface area contributed by atoms with Crippen LogP contribution in [0.25, 0.3) is 0 Å². The van der Waals surface area contributed by atoms with E-state index in [1.54, 1.807) is 36.4 Å². The number of fused-ring (bicyclic) bond motifs is 3. The van der Waals surface area contributed by atoms with Gasteiger partial charge in [-0.05, 0) is 36.3 Å². The van der Waals surface area contributed by atoms with Crippen molar-refractivity contribution in [3.8, 4) is 5.75 Å². The lowest BCUT2D eigenvalue weighted by Crippen LogP contribution is -2.55. The number of benzene rings is 2. The van der Waals surface area contributed by atoms with Crippen molar-refractivity contribution in [3.05, 3.63) is 87.9 Å². The molecule has 0 radical (unpaired) electrons. The third-order valence-electron chi connectivity index (χ3n) is 6.48. The summed E-state index contributed by atoms with van der Waals surface area (Å²) in [5.41, 5.74) is 1.81. The Morgan fingerprint density at radius 3 is 2.69 bits per heavy atom. The monoisotopic (exact) mass is 530 g/mol. The molecule has 0 spiro atoms. The second kappa shape index (κ2) is 11.5. The van der Waals surface area contributed by atoms with Crippen LogP contribution >= 0.6 is 23.2 Å². The van der Waals surface area contributed by atoms with Crippen LogP contribution in [0, 0.1) is 0 Å². The minimum Gasteiger partial charge on any atom is -0.486 e. The van der Waals surface area contributed by atoms with Crippen molar-refractivity contribution in [2.75, 3.05) is 13.2 Å². The van der Waals surface area contributed by atoms with Gasteiger partial charge in [0.05, 0.1) is 18.6 Å². The molecule has 0 saturated heterocycles. The first kappa shape index (κ1) is 26.2. The Morgan fingerprint density at radius 2 is 1.97 bits per heavy atom. The second-order valence-corrected chi connectivity index (χ2v) is 9.61. The summed E-state index contributed by atoms with van der Waals surface area (Å²) in [5, 5.41) is 24.3. The van der Waals surface area contributed by atoms with Gasteiger partial charge in [-0.25, -0.2) is 0 Å². The fourth-order valence-electron chi connectivity index (χ4n) is 4.75. The number of carbonyl (C=O) groups is 2. The van der Waals surface area contributed by atoms with Gasteiger partial charge in [0.2, 0.25) is 11.8 Å². The van der Waals surface area contributed by atoms with Crippen LogP contribution < -0.4 is 10.1 Å². The van der Waals surface area contributed by atoms with E-state index in [-0.39, 0.29) is 37.9 Å². The number of halogens is 2. The summed E-state index contributed by atoms with van der Waals surface area (Å²) < 4.78 is 6.12. The molecule has 190 valence electrons. The number of ether oxygens (including phenoxy) is 1. The van der Waals surface area contributed by atoms with Crippen LogP contribution in [-0.2, 0) is 16.1 Å². The molecule has 2 aliphatic rings. The molecule has 0 saturated carbocycles. The Kier molecular flexibility index (Phi) is 8.36. The van der Waals surface area contributed by atoms with Crippen molar-refractivity contribution in [2.24, 2.45) is 0 Å². The molecule has 9 heteroatoms. The zero-order valence-corrected chi connectivity index (χ0v) is 21.1. The molecule has 4 atom stereocenters. The molecule has 1 aliphatic carbocycles. The van der Waals surface area contributed by atoms with Crippen molar-refractivity contribution in [1.29, 1.82) is 0 Å². The third-order valence-corrected chi connectivity index (χ3v) is 7.06. The highest BCUT2D eigenvalue weighted by Gasteiger charge is 2.50. The van der Waals surface area contributed by atoms with Gasteiger partial charge in [0.25, 0.3) is 0 Å². The summed E-state index contributed by atoms with van der Waals surface area (Å²) in [7, 11) is 0. The normalized spacial score (nSPS) is 22.1. The number of aliphatic hydroxyl groups is 2. The topological polar surface area (TPSA) is 99.1 Å². The molecule has 4 unspecified atom stereocenters. The number of hydrogen-bond donors (Lipinski definition) is 3. The van der Waals surface area contributed by atoms with Gasteiger partial charge in [-0.3, -0.25) is 9.59 Å². The molecule has 0 bridgehead atoms. The Labute approximate surface area is 220 Å². The van der Waals surface area contributed by atoms with Crippen molar-refractivity contribution < 1.29 is 24.5 Å². The van der Waals surface area contributed by atoms with Crippen molar-refractivity contribution >= 4 is 35.0 Å². The molecule has 0 fully saturated rings. The highest BCUT2D eigenvalue weighted by Crippen LogP contribution is 2.47. The van der Waals surface area contributed by atoms with Crippen LogP contribution in [0.1, 0.15) is 29.9 Å². The maximum atomic E-state index is 13.4. The van der Waals surface area contributed by atoms with Gasteiger partial charge in [0.15, 0.2) is 0 Å². The lowest BCUT2D eigenvalue weighted by molar-refractivity contribution is -0.138. The molecule has 7 nitrogen and oxygen atoms in total. The van der Waals surface area contributed by atoms with Gasteiger partial charge < -0.3 is 25.2 Å². The predicted molar refractivity (Wildman–Crippen MR) is 138 cm³/mol. The molecule has 2 aromatic rings. The molecular formula is C27H28Cl2N2O5. The number of carbonyl (C=O) groups excluding carboxylic acids is 2. The fourth-order valence-corrected chi connectivity index (χ4v) is 5.22. The summed E-state index contributed by atoms with van der Waals surface area (Å²) in [6.45, 7) is 3.65. The number of rotatable bonds is 9. The number of allylic oxidation sites excluding steroid dienone is 1. The average Bonchev–Trinajstić information content (AvgIpc) is 3.26. The van der Waals surface area contributed by atoms with Crippen LogP contribution in [0.2, 0.25) is 10.0 Å². The number of amides is 2. The van der Waals surface area contributed by atoms with Gasteiger partial charge >= 0.3 is 0 Å². The first-order valence-corrected chi connectivity index (χ1v) is 12.5. The molecule has 2 amide bonds. The third kappa shape index (κ3) is 5.30. The molecule has 4 rings (SSSR count). The Hall–Kier alpha value is -2.84. The molecular weight excluding hydrogens is 503 g/mol. The van der Waals surface area contributed by atoms with Gasteiger partial charge in [-0.2, -0.15) is 0 Å². The maximum Gasteiger partial charge on any atom is 0.247 e. The quantitative estimate of drug-likeness (QED) is 0.430. The second-order valence-electron chi connectivity index (χ2n) is 8.77. The average molecular weight is 531 g/mol. The maximum absolute atomic E-state index is 13.4. The number of hydrogen-bond acceptors (Lipinski definition) is 5. The van der Waals surface area contributed by atoms with E-state index in [2.05, 4.69) is 11.9 Å². The van der Waals surface area contributed by atoms with E-state index in [0.29, 0.717) is 33.4 Å². The summed E-state index contributed by atoms with van der Waals surface area (Å²) >= 11 is 12.5. The number of nitrogens with one attached hydrogen (secondary N) is 1. The van der Waals surface area contributed by atoms with Crippen molar-refractivity contribution in [2.45, 2.75) is 43.6 Å². The van der Waals surface area contributed by atoms with Crippen molar-refractivity contribution in [3.63, 3.8) is 0 Å². The first-order valence-electron chi connectivity index (χ1n) is 11.7. The number of aliphatic hydroxyl groups excluding tert-OH is 2. The first-order chi connectivity index (χ1) is 17.3. The Morgan fingerprint density at radius 1 is 1.19 bits per heavy atom. The minimum absolute atomic E-state index is 0.0750. The van der Waals surface area contributed by atoms with Crippen LogP contribution in [-0.4, -0.2) is 58.3 Å². The lowest BCUT2D eigenvalue weighted by Gasteiger charge is -2.41. The Balaban J connectivity index is 1.76. The molecule has 3 N–H and O–H groups in total. The summed E-state index contributed by atoms with van der Waals surface area (Å²) in [4.78, 5) is 28.1. The summed E-state index contributed by atoms with van der Waals surface area (Å²) in [6, 6.07) is 11.5. The van der Waals surface area contributed by atoms with E-state index in [4.69, 9.17) is 27.9 Å². The zero-order chi connectivity index (χ0) is 25.8. The minimum atomic E-state index is -1.12. The van der Waals surface area contributed by atoms with Crippen molar-refractivity contribution in [1.82, 2.24) is 10.2 Å². The highest BCUT2D eigenvalue weighted by atomic mass is 35.5. The van der Waals surface area contributed by atoms with E-state index in [1.165, 1.54) is 4.90 Å². The van der Waals surface area contributed by atoms with Gasteiger partial charge in [0.1, 0.15) is 18.0 Å². The standard InChI is InChI=1S/C27H28Cl2N2O5/c1-2-3-8-23(33)31(15-16-9-10-17(28)13-20(16)29)21-14-19(27(35)30-11-12-32)24-18-6-4-5-7-22(18)36-26(24)25(21)34/h2,4-7,9-10,13-14,21,24-26,32,34H,1,3,8,11-12,15H2,(H,30,35). The molecule has 2 aromatic carbocycles. The number of para-hydroxylation sites is 1.